The summed E-state index contributed by atoms with van der Waals surface area (Å²) in [4.78, 5) is 16.1. The number of rotatable bonds is 8. The number of nitrogens with one attached hydrogen (secondary N) is 1. The van der Waals surface area contributed by atoms with Crippen LogP contribution in [0.3, 0.4) is 0 Å². The van der Waals surface area contributed by atoms with Crippen LogP contribution in [0.25, 0.3) is 22.7 Å². The van der Waals surface area contributed by atoms with Gasteiger partial charge in [0.15, 0.2) is 0 Å². The van der Waals surface area contributed by atoms with Gasteiger partial charge in [0.05, 0.1) is 6.54 Å². The Bertz CT molecular complexity index is 1210. The fraction of sp³-hybridized carbons (Fsp3) is 0.360. The summed E-state index contributed by atoms with van der Waals surface area (Å²) < 4.78 is 11.4. The molecule has 0 spiro atoms. The normalized spacial score (nSPS) is 15.0. The van der Waals surface area contributed by atoms with Gasteiger partial charge in [-0.25, -0.2) is 0 Å². The number of likely N-dealkylation sites (tertiary alicyclic amines) is 1. The first-order chi connectivity index (χ1) is 16.7. The van der Waals surface area contributed by atoms with E-state index in [1.807, 2.05) is 43.3 Å². The van der Waals surface area contributed by atoms with Crippen LogP contribution in [0.1, 0.15) is 29.4 Å². The van der Waals surface area contributed by atoms with Gasteiger partial charge in [0.1, 0.15) is 17.0 Å². The zero-order chi connectivity index (χ0) is 23.3. The summed E-state index contributed by atoms with van der Waals surface area (Å²) >= 11 is 1.73. The number of thiophene rings is 1. The molecule has 1 aliphatic rings. The van der Waals surface area contributed by atoms with Crippen LogP contribution in [0.15, 0.2) is 56.8 Å². The predicted molar refractivity (Wildman–Crippen MR) is 129 cm³/mol. The fourth-order valence-electron chi connectivity index (χ4n) is 4.29. The number of hydrogen-bond donors (Lipinski definition) is 1. The molecule has 1 fully saturated rings. The molecule has 34 heavy (non-hydrogen) atoms. The minimum atomic E-state index is 0.0610. The predicted octanol–water partition coefficient (Wildman–Crippen LogP) is 4.33. The lowest BCUT2D eigenvalue weighted by Gasteiger charge is -2.30. The van der Waals surface area contributed by atoms with Crippen LogP contribution < -0.4 is 5.32 Å². The van der Waals surface area contributed by atoms with E-state index in [2.05, 4.69) is 37.0 Å². The van der Waals surface area contributed by atoms with Crippen molar-refractivity contribution < 1.29 is 13.7 Å². The van der Waals surface area contributed by atoms with E-state index in [-0.39, 0.29) is 11.8 Å². The number of aromatic nitrogens is 3. The number of carbonyl (C=O) groups is 1. The molecule has 176 valence electrons. The second kappa shape index (κ2) is 10.3. The summed E-state index contributed by atoms with van der Waals surface area (Å²) in [6.45, 7) is 4.74. The van der Waals surface area contributed by atoms with E-state index < -0.39 is 0 Å². The Kier molecular flexibility index (Phi) is 6.82. The second-order valence-corrected chi connectivity index (χ2v) is 9.53. The molecule has 1 aliphatic heterocycles. The van der Waals surface area contributed by atoms with Gasteiger partial charge in [-0.1, -0.05) is 41.6 Å². The second-order valence-electron chi connectivity index (χ2n) is 8.50. The number of nitrogens with zero attached hydrogens (tertiary/aromatic N) is 4. The van der Waals surface area contributed by atoms with Crippen molar-refractivity contribution in [2.75, 3.05) is 19.6 Å². The number of amides is 1. The van der Waals surface area contributed by atoms with Crippen molar-refractivity contribution in [1.29, 1.82) is 0 Å². The third-order valence-corrected chi connectivity index (χ3v) is 7.09. The molecule has 0 bridgehead atoms. The average Bonchev–Trinajstić information content (AvgIpc) is 3.62. The first-order valence-corrected chi connectivity index (χ1v) is 12.4. The van der Waals surface area contributed by atoms with Crippen LogP contribution in [0.5, 0.6) is 0 Å². The Morgan fingerprint density at radius 1 is 1.15 bits per heavy atom. The number of piperidine rings is 1. The zero-order valence-electron chi connectivity index (χ0n) is 19.1. The minimum Gasteiger partial charge on any atom is -0.419 e. The highest BCUT2D eigenvalue weighted by molar-refractivity contribution is 7.09. The van der Waals surface area contributed by atoms with Crippen molar-refractivity contribution in [1.82, 2.24) is 25.6 Å². The van der Waals surface area contributed by atoms with Crippen LogP contribution in [-0.2, 0) is 17.8 Å². The number of carbonyl (C=O) groups excluding carboxylic acids is 1. The van der Waals surface area contributed by atoms with Gasteiger partial charge in [0.2, 0.25) is 11.8 Å². The van der Waals surface area contributed by atoms with E-state index in [1.54, 1.807) is 11.3 Å². The van der Waals surface area contributed by atoms with Crippen molar-refractivity contribution in [3.8, 4) is 22.7 Å². The molecule has 1 saturated heterocycles. The molecule has 0 radical (unpaired) electrons. The van der Waals surface area contributed by atoms with Crippen molar-refractivity contribution >= 4 is 17.2 Å². The van der Waals surface area contributed by atoms with Gasteiger partial charge in [-0.2, -0.15) is 0 Å². The standard InChI is InChI=1S/C25H27N5O3S/c1-17-22(23(29-33-17)18-6-3-2-4-7-18)25-28-27-21(32-25)16-30-13-10-19(11-14-30)24(31)26-12-9-20-8-5-15-34-20/h2-8,15,19H,9-14,16H2,1H3,(H,26,31). The summed E-state index contributed by atoms with van der Waals surface area (Å²) in [5.74, 6) is 1.82. The van der Waals surface area contributed by atoms with Gasteiger partial charge in [0, 0.05) is 22.9 Å². The molecular weight excluding hydrogens is 450 g/mol. The Morgan fingerprint density at radius 2 is 1.97 bits per heavy atom. The molecule has 0 atom stereocenters. The van der Waals surface area contributed by atoms with Crippen LogP contribution in [-0.4, -0.2) is 45.8 Å². The maximum absolute atomic E-state index is 12.5. The van der Waals surface area contributed by atoms with E-state index in [0.717, 1.165) is 43.5 Å². The van der Waals surface area contributed by atoms with E-state index >= 15 is 0 Å². The minimum absolute atomic E-state index is 0.0610. The van der Waals surface area contributed by atoms with E-state index in [1.165, 1.54) is 4.88 Å². The third kappa shape index (κ3) is 5.10. The molecule has 0 aliphatic carbocycles. The highest BCUT2D eigenvalue weighted by Crippen LogP contribution is 2.33. The highest BCUT2D eigenvalue weighted by Gasteiger charge is 2.27. The average molecular weight is 478 g/mol. The van der Waals surface area contributed by atoms with Gasteiger partial charge in [0.25, 0.3) is 5.89 Å². The van der Waals surface area contributed by atoms with Gasteiger partial charge >= 0.3 is 0 Å². The largest absolute Gasteiger partial charge is 0.419 e. The first kappa shape index (κ1) is 22.5. The van der Waals surface area contributed by atoms with Crippen molar-refractivity contribution in [3.05, 3.63) is 64.4 Å². The molecular formula is C25H27N5O3S. The summed E-state index contributed by atoms with van der Waals surface area (Å²) in [6, 6.07) is 14.0. The van der Waals surface area contributed by atoms with Crippen LogP contribution in [0, 0.1) is 12.8 Å². The van der Waals surface area contributed by atoms with Gasteiger partial charge < -0.3 is 14.3 Å². The van der Waals surface area contributed by atoms with E-state index in [4.69, 9.17) is 8.94 Å². The molecule has 5 rings (SSSR count). The topological polar surface area (TPSA) is 97.3 Å². The number of hydrogen-bond acceptors (Lipinski definition) is 8. The molecule has 1 aromatic carbocycles. The fourth-order valence-corrected chi connectivity index (χ4v) is 5.00. The molecule has 1 N–H and O–H groups in total. The van der Waals surface area contributed by atoms with Crippen LogP contribution in [0.2, 0.25) is 0 Å². The third-order valence-electron chi connectivity index (χ3n) is 6.16. The van der Waals surface area contributed by atoms with Crippen molar-refractivity contribution in [2.24, 2.45) is 5.92 Å². The summed E-state index contributed by atoms with van der Waals surface area (Å²) in [5.41, 5.74) is 2.35. The van der Waals surface area contributed by atoms with Crippen molar-refractivity contribution in [3.63, 3.8) is 0 Å². The van der Waals surface area contributed by atoms with Gasteiger partial charge in [-0.15, -0.1) is 21.5 Å². The highest BCUT2D eigenvalue weighted by atomic mass is 32.1. The first-order valence-electron chi connectivity index (χ1n) is 11.5. The summed E-state index contributed by atoms with van der Waals surface area (Å²) in [7, 11) is 0. The lowest BCUT2D eigenvalue weighted by molar-refractivity contribution is -0.126. The number of benzene rings is 1. The molecule has 9 heteroatoms. The Hall–Kier alpha value is -3.30. The lowest BCUT2D eigenvalue weighted by Crippen LogP contribution is -2.40. The summed E-state index contributed by atoms with van der Waals surface area (Å²) in [6.07, 6.45) is 2.54. The lowest BCUT2D eigenvalue weighted by atomic mass is 9.96. The molecule has 1 amide bonds. The molecule has 0 unspecified atom stereocenters. The maximum Gasteiger partial charge on any atom is 0.253 e. The van der Waals surface area contributed by atoms with Gasteiger partial charge in [-0.05, 0) is 50.7 Å². The molecule has 0 saturated carbocycles. The molecule has 3 aromatic heterocycles. The zero-order valence-corrected chi connectivity index (χ0v) is 19.9. The van der Waals surface area contributed by atoms with E-state index in [9.17, 15) is 4.79 Å². The van der Waals surface area contributed by atoms with Gasteiger partial charge in [-0.3, -0.25) is 9.69 Å². The number of aryl methyl sites for hydroxylation is 1. The molecule has 4 aromatic rings. The van der Waals surface area contributed by atoms with Crippen LogP contribution >= 0.6 is 11.3 Å². The SMILES string of the molecule is Cc1onc(-c2ccccc2)c1-c1nnc(CN2CCC(C(=O)NCCc3cccs3)CC2)o1. The Balaban J connectivity index is 1.15. The molecule has 4 heterocycles. The Labute approximate surface area is 202 Å². The Morgan fingerprint density at radius 3 is 2.74 bits per heavy atom. The summed E-state index contributed by atoms with van der Waals surface area (Å²) in [5, 5.41) is 17.9. The quantitative estimate of drug-likeness (QED) is 0.403. The van der Waals surface area contributed by atoms with Crippen LogP contribution in [0.4, 0.5) is 0 Å². The molecule has 8 nitrogen and oxygen atoms in total. The smallest absolute Gasteiger partial charge is 0.253 e. The monoisotopic (exact) mass is 477 g/mol. The van der Waals surface area contributed by atoms with E-state index in [0.29, 0.717) is 36.3 Å². The maximum atomic E-state index is 12.5. The van der Waals surface area contributed by atoms with Crippen molar-refractivity contribution in [2.45, 2.75) is 32.7 Å².